The summed E-state index contributed by atoms with van der Waals surface area (Å²) in [6.45, 7) is 2.22. The Morgan fingerprint density at radius 3 is 2.45 bits per heavy atom. The molecule has 3 heteroatoms. The largest absolute Gasteiger partial charge is 0.323 e. The van der Waals surface area contributed by atoms with Crippen LogP contribution in [0.3, 0.4) is 0 Å². The summed E-state index contributed by atoms with van der Waals surface area (Å²) in [7, 11) is 0. The maximum Gasteiger partial charge on any atom is 0.136 e. The van der Waals surface area contributed by atoms with Gasteiger partial charge in [0.15, 0.2) is 0 Å². The number of rotatable bonds is 2. The van der Waals surface area contributed by atoms with Crippen LogP contribution in [0.25, 0.3) is 0 Å². The van der Waals surface area contributed by atoms with E-state index in [4.69, 9.17) is 5.73 Å². The van der Waals surface area contributed by atoms with E-state index < -0.39 is 0 Å². The van der Waals surface area contributed by atoms with E-state index in [1.165, 1.54) is 17.2 Å². The fraction of sp³-hybridized carbons (Fsp3) is 0.294. The van der Waals surface area contributed by atoms with Crippen molar-refractivity contribution in [2.45, 2.75) is 35.4 Å². The lowest BCUT2D eigenvalue weighted by atomic mass is 9.81. The average molecular weight is 287 g/mol. The predicted octanol–water partition coefficient (Wildman–Crippen LogP) is 4.49. The molecule has 0 saturated heterocycles. The van der Waals surface area contributed by atoms with Gasteiger partial charge >= 0.3 is 0 Å². The average Bonchev–Trinajstić information content (AvgIpc) is 2.47. The molecule has 2 aromatic carbocycles. The molecule has 2 N–H and O–H groups in total. The third-order valence-electron chi connectivity index (χ3n) is 3.99. The summed E-state index contributed by atoms with van der Waals surface area (Å²) in [5, 5.41) is 0.219. The zero-order valence-electron chi connectivity index (χ0n) is 11.4. The van der Waals surface area contributed by atoms with Crippen LogP contribution in [0.5, 0.6) is 0 Å². The Bertz CT molecular complexity index is 613. The van der Waals surface area contributed by atoms with Crippen LogP contribution in [0.15, 0.2) is 53.4 Å². The van der Waals surface area contributed by atoms with Crippen molar-refractivity contribution in [1.82, 2.24) is 0 Å². The third-order valence-corrected chi connectivity index (χ3v) is 5.36. The summed E-state index contributed by atoms with van der Waals surface area (Å²) in [4.78, 5) is 0.694. The minimum atomic E-state index is -0.156. The summed E-state index contributed by atoms with van der Waals surface area (Å²) in [6, 6.07) is 15.2. The summed E-state index contributed by atoms with van der Waals surface area (Å²) < 4.78 is 13.8. The van der Waals surface area contributed by atoms with E-state index in [1.54, 1.807) is 17.8 Å². The Kier molecular flexibility index (Phi) is 3.81. The van der Waals surface area contributed by atoms with Crippen LogP contribution in [0.2, 0.25) is 0 Å². The van der Waals surface area contributed by atoms with Gasteiger partial charge in [0.05, 0.1) is 0 Å². The normalized spacial score (nSPS) is 25.2. The molecule has 0 heterocycles. The number of hydrogen-bond donors (Lipinski definition) is 1. The molecule has 0 aliphatic heterocycles. The molecule has 104 valence electrons. The van der Waals surface area contributed by atoms with E-state index in [0.29, 0.717) is 10.8 Å². The minimum Gasteiger partial charge on any atom is -0.323 e. The third kappa shape index (κ3) is 2.48. The first-order valence-electron chi connectivity index (χ1n) is 6.92. The lowest BCUT2D eigenvalue weighted by molar-refractivity contribution is 0.526. The lowest BCUT2D eigenvalue weighted by Crippen LogP contribution is -2.30. The Morgan fingerprint density at radius 2 is 1.70 bits per heavy atom. The summed E-state index contributed by atoms with van der Waals surface area (Å²) in [6.07, 6.45) is 0.983. The molecule has 3 rings (SSSR count). The van der Waals surface area contributed by atoms with Crippen LogP contribution in [0.4, 0.5) is 4.39 Å². The van der Waals surface area contributed by atoms with Crippen molar-refractivity contribution in [2.24, 2.45) is 5.73 Å². The number of thioether (sulfide) groups is 1. The second-order valence-electron chi connectivity index (χ2n) is 5.38. The monoisotopic (exact) mass is 287 g/mol. The zero-order chi connectivity index (χ0) is 14.1. The number of benzene rings is 2. The Morgan fingerprint density at radius 1 is 1.05 bits per heavy atom. The molecule has 0 bridgehead atoms. The fourth-order valence-corrected chi connectivity index (χ4v) is 4.25. The van der Waals surface area contributed by atoms with E-state index in [0.717, 1.165) is 6.42 Å². The van der Waals surface area contributed by atoms with Crippen molar-refractivity contribution in [1.29, 1.82) is 0 Å². The van der Waals surface area contributed by atoms with Crippen molar-refractivity contribution in [3.63, 3.8) is 0 Å². The van der Waals surface area contributed by atoms with Crippen molar-refractivity contribution in [2.75, 3.05) is 0 Å². The molecule has 0 radical (unpaired) electrons. The number of fused-ring (bicyclic) bond motifs is 1. The van der Waals surface area contributed by atoms with Gasteiger partial charge in [-0.2, -0.15) is 0 Å². The predicted molar refractivity (Wildman–Crippen MR) is 82.4 cm³/mol. The smallest absolute Gasteiger partial charge is 0.136 e. The van der Waals surface area contributed by atoms with Crippen LogP contribution < -0.4 is 5.73 Å². The van der Waals surface area contributed by atoms with Gasteiger partial charge in [0, 0.05) is 16.2 Å². The molecule has 0 amide bonds. The van der Waals surface area contributed by atoms with Crippen LogP contribution in [-0.2, 0) is 0 Å². The highest BCUT2D eigenvalue weighted by Crippen LogP contribution is 2.44. The van der Waals surface area contributed by atoms with Crippen LogP contribution in [0, 0.1) is 5.82 Å². The minimum absolute atomic E-state index is 0.0352. The Balaban J connectivity index is 1.88. The molecule has 3 atom stereocenters. The van der Waals surface area contributed by atoms with Gasteiger partial charge in [-0.3, -0.25) is 0 Å². The first-order chi connectivity index (χ1) is 9.66. The molecule has 0 spiro atoms. The number of hydrogen-bond acceptors (Lipinski definition) is 2. The van der Waals surface area contributed by atoms with Crippen molar-refractivity contribution in [3.05, 3.63) is 65.5 Å². The number of nitrogens with two attached hydrogens (primary N) is 1. The number of halogens is 1. The topological polar surface area (TPSA) is 26.0 Å². The first kappa shape index (κ1) is 13.7. The van der Waals surface area contributed by atoms with Gasteiger partial charge in [0.1, 0.15) is 5.82 Å². The summed E-state index contributed by atoms with van der Waals surface area (Å²) in [5.74, 6) is 0.312. The molecule has 20 heavy (non-hydrogen) atoms. The van der Waals surface area contributed by atoms with E-state index in [-0.39, 0.29) is 17.1 Å². The van der Waals surface area contributed by atoms with E-state index in [2.05, 4.69) is 25.1 Å². The highest BCUT2D eigenvalue weighted by molar-refractivity contribution is 8.00. The lowest BCUT2D eigenvalue weighted by Gasteiger charge is -2.34. The quantitative estimate of drug-likeness (QED) is 0.880. The zero-order valence-corrected chi connectivity index (χ0v) is 12.2. The second-order valence-corrected chi connectivity index (χ2v) is 6.66. The first-order valence-corrected chi connectivity index (χ1v) is 7.80. The van der Waals surface area contributed by atoms with Crippen LogP contribution >= 0.6 is 11.8 Å². The molecule has 1 aliphatic carbocycles. The van der Waals surface area contributed by atoms with E-state index in [1.807, 2.05) is 18.2 Å². The van der Waals surface area contributed by atoms with Crippen LogP contribution in [0.1, 0.15) is 36.4 Å². The van der Waals surface area contributed by atoms with Gasteiger partial charge in [-0.05, 0) is 35.6 Å². The molecule has 0 aromatic heterocycles. The molecule has 2 aromatic rings. The van der Waals surface area contributed by atoms with Gasteiger partial charge in [0.25, 0.3) is 0 Å². The standard InChI is InChI=1S/C17H18FNS/c1-11-10-16(20-15-9-5-4-8-14(15)18)17(19)13-7-3-2-6-12(11)13/h2-9,11,16-17H,10,19H2,1H3. The van der Waals surface area contributed by atoms with Gasteiger partial charge in [-0.1, -0.05) is 43.3 Å². The van der Waals surface area contributed by atoms with Gasteiger partial charge in [0.2, 0.25) is 0 Å². The fourth-order valence-electron chi connectivity index (χ4n) is 2.91. The molecular formula is C17H18FNS. The molecule has 1 nitrogen and oxygen atoms in total. The van der Waals surface area contributed by atoms with Crippen molar-refractivity contribution in [3.8, 4) is 0 Å². The SMILES string of the molecule is CC1CC(Sc2ccccc2F)C(N)c2ccccc21. The van der Waals surface area contributed by atoms with Gasteiger partial charge in [-0.25, -0.2) is 4.39 Å². The molecule has 0 fully saturated rings. The highest BCUT2D eigenvalue weighted by atomic mass is 32.2. The molecule has 0 saturated carbocycles. The Labute approximate surface area is 123 Å². The summed E-state index contributed by atoms with van der Waals surface area (Å²) in [5.41, 5.74) is 8.95. The second kappa shape index (κ2) is 5.58. The van der Waals surface area contributed by atoms with Crippen LogP contribution in [-0.4, -0.2) is 5.25 Å². The highest BCUT2D eigenvalue weighted by Gasteiger charge is 2.31. The summed E-state index contributed by atoms with van der Waals surface area (Å²) >= 11 is 1.57. The van der Waals surface area contributed by atoms with E-state index >= 15 is 0 Å². The van der Waals surface area contributed by atoms with Gasteiger partial charge < -0.3 is 5.73 Å². The van der Waals surface area contributed by atoms with Crippen molar-refractivity contribution < 1.29 is 4.39 Å². The molecule has 3 unspecified atom stereocenters. The van der Waals surface area contributed by atoms with Crippen molar-refractivity contribution >= 4 is 11.8 Å². The molecular weight excluding hydrogens is 269 g/mol. The maximum atomic E-state index is 13.8. The maximum absolute atomic E-state index is 13.8. The molecule has 1 aliphatic rings. The Hall–Kier alpha value is -1.32. The van der Waals surface area contributed by atoms with E-state index in [9.17, 15) is 4.39 Å². The van der Waals surface area contributed by atoms with Gasteiger partial charge in [-0.15, -0.1) is 11.8 Å².